The predicted molar refractivity (Wildman–Crippen MR) is 114 cm³/mol. The molecular weight excluding hydrogens is 383 g/mol. The van der Waals surface area contributed by atoms with Crippen molar-refractivity contribution in [3.8, 4) is 0 Å². The van der Waals surface area contributed by atoms with Crippen molar-refractivity contribution in [2.75, 3.05) is 36.4 Å². The molecule has 1 saturated heterocycles. The minimum atomic E-state index is -0.358. The molecule has 4 rings (SSSR count). The number of carbonyl (C=O) groups is 1. The molecule has 2 aromatic heterocycles. The smallest absolute Gasteiger partial charge is 0.254 e. The molecule has 1 aliphatic rings. The number of anilines is 3. The van der Waals surface area contributed by atoms with Gasteiger partial charge in [0.2, 0.25) is 0 Å². The lowest BCUT2D eigenvalue weighted by atomic mass is 10.1. The number of hydrogen-bond acceptors (Lipinski definition) is 6. The van der Waals surface area contributed by atoms with Crippen LogP contribution in [0.25, 0.3) is 0 Å². The predicted octanol–water partition coefficient (Wildman–Crippen LogP) is 3.33. The van der Waals surface area contributed by atoms with Crippen LogP contribution < -0.4 is 10.2 Å². The molecule has 3 heterocycles. The average molecular weight is 406 g/mol. The zero-order valence-corrected chi connectivity index (χ0v) is 17.0. The van der Waals surface area contributed by atoms with E-state index in [0.29, 0.717) is 54.8 Å². The van der Waals surface area contributed by atoms with E-state index in [1.54, 1.807) is 30.2 Å². The Morgan fingerprint density at radius 1 is 1.00 bits per heavy atom. The van der Waals surface area contributed by atoms with Crippen molar-refractivity contribution in [2.24, 2.45) is 0 Å². The van der Waals surface area contributed by atoms with Crippen LogP contribution in [0.3, 0.4) is 0 Å². The molecule has 0 unspecified atom stereocenters. The quantitative estimate of drug-likeness (QED) is 0.716. The molecule has 8 heteroatoms. The van der Waals surface area contributed by atoms with Crippen molar-refractivity contribution in [1.82, 2.24) is 19.9 Å². The third kappa shape index (κ3) is 4.37. The topological polar surface area (TPSA) is 74.2 Å². The lowest BCUT2D eigenvalue weighted by molar-refractivity contribution is 0.0746. The Kier molecular flexibility index (Phi) is 5.56. The third-order valence-electron chi connectivity index (χ3n) is 5.06. The van der Waals surface area contributed by atoms with Crippen LogP contribution in [0.15, 0.2) is 48.7 Å². The van der Waals surface area contributed by atoms with E-state index in [1.165, 1.54) is 6.07 Å². The first-order valence-corrected chi connectivity index (χ1v) is 9.84. The molecule has 1 fully saturated rings. The van der Waals surface area contributed by atoms with Gasteiger partial charge in [-0.1, -0.05) is 12.1 Å². The largest absolute Gasteiger partial charge is 0.353 e. The summed E-state index contributed by atoms with van der Waals surface area (Å²) >= 11 is 0. The molecule has 0 atom stereocenters. The van der Waals surface area contributed by atoms with Crippen molar-refractivity contribution in [2.45, 2.75) is 13.8 Å². The fourth-order valence-electron chi connectivity index (χ4n) is 3.39. The Balaban J connectivity index is 1.43. The van der Waals surface area contributed by atoms with Gasteiger partial charge in [-0.3, -0.25) is 4.79 Å². The van der Waals surface area contributed by atoms with Crippen LogP contribution in [-0.4, -0.2) is 51.9 Å². The van der Waals surface area contributed by atoms with Crippen LogP contribution in [0.4, 0.5) is 21.8 Å². The molecule has 30 heavy (non-hydrogen) atoms. The number of benzene rings is 1. The monoisotopic (exact) mass is 406 g/mol. The summed E-state index contributed by atoms with van der Waals surface area (Å²) in [4.78, 5) is 29.8. The van der Waals surface area contributed by atoms with Crippen molar-refractivity contribution in [1.29, 1.82) is 0 Å². The molecule has 1 amide bonds. The molecule has 1 aliphatic heterocycles. The number of amides is 1. The highest BCUT2D eigenvalue weighted by molar-refractivity contribution is 5.94. The highest BCUT2D eigenvalue weighted by atomic mass is 19.1. The summed E-state index contributed by atoms with van der Waals surface area (Å²) in [5.74, 6) is 2.33. The van der Waals surface area contributed by atoms with Crippen LogP contribution in [0.1, 0.15) is 21.7 Å². The Morgan fingerprint density at radius 2 is 1.80 bits per heavy atom. The summed E-state index contributed by atoms with van der Waals surface area (Å²) in [5, 5.41) is 3.19. The summed E-state index contributed by atoms with van der Waals surface area (Å²) in [6, 6.07) is 12.1. The number of aryl methyl sites for hydroxylation is 2. The number of aromatic nitrogens is 3. The van der Waals surface area contributed by atoms with Gasteiger partial charge in [-0.2, -0.15) is 0 Å². The van der Waals surface area contributed by atoms with Crippen molar-refractivity contribution < 1.29 is 9.18 Å². The Hall–Kier alpha value is -3.55. The van der Waals surface area contributed by atoms with E-state index in [9.17, 15) is 9.18 Å². The van der Waals surface area contributed by atoms with E-state index >= 15 is 0 Å². The van der Waals surface area contributed by atoms with E-state index in [1.807, 2.05) is 31.2 Å². The number of nitrogens with one attached hydrogen (secondary N) is 1. The van der Waals surface area contributed by atoms with Gasteiger partial charge in [0.1, 0.15) is 29.1 Å². The average Bonchev–Trinajstić information content (AvgIpc) is 2.75. The van der Waals surface area contributed by atoms with Crippen LogP contribution in [0, 0.1) is 19.7 Å². The van der Waals surface area contributed by atoms with Gasteiger partial charge in [-0.15, -0.1) is 0 Å². The van der Waals surface area contributed by atoms with Crippen LogP contribution in [0.5, 0.6) is 0 Å². The maximum Gasteiger partial charge on any atom is 0.254 e. The molecule has 0 spiro atoms. The highest BCUT2D eigenvalue weighted by Gasteiger charge is 2.24. The highest BCUT2D eigenvalue weighted by Crippen LogP contribution is 2.21. The van der Waals surface area contributed by atoms with Gasteiger partial charge >= 0.3 is 0 Å². The van der Waals surface area contributed by atoms with Gasteiger partial charge in [0, 0.05) is 44.0 Å². The molecule has 0 radical (unpaired) electrons. The maximum absolute atomic E-state index is 13.8. The van der Waals surface area contributed by atoms with Crippen LogP contribution in [0.2, 0.25) is 0 Å². The number of piperazine rings is 1. The number of pyridine rings is 1. The first-order chi connectivity index (χ1) is 14.5. The second-order valence-electron chi connectivity index (χ2n) is 7.24. The van der Waals surface area contributed by atoms with Gasteiger partial charge in [0.05, 0.1) is 0 Å². The Bertz CT molecular complexity index is 1050. The standard InChI is InChI=1S/C22H23FN6O/c1-15-6-7-17(13-18(15)23)22(30)29-11-9-28(10-12-29)21-14-20(25-16(2)26-21)27-19-5-3-4-8-24-19/h3-8,13-14H,9-12H2,1-2H3,(H,24,25,26,27). The molecular formula is C22H23FN6O. The van der Waals surface area contributed by atoms with Crippen molar-refractivity contribution >= 4 is 23.4 Å². The number of nitrogens with zero attached hydrogens (tertiary/aromatic N) is 5. The van der Waals surface area contributed by atoms with Gasteiger partial charge in [0.25, 0.3) is 5.91 Å². The van der Waals surface area contributed by atoms with E-state index in [2.05, 4.69) is 25.2 Å². The molecule has 3 aromatic rings. The van der Waals surface area contributed by atoms with Crippen LogP contribution in [-0.2, 0) is 0 Å². The van der Waals surface area contributed by atoms with Crippen molar-refractivity contribution in [3.63, 3.8) is 0 Å². The Labute approximate surface area is 174 Å². The summed E-state index contributed by atoms with van der Waals surface area (Å²) in [5.41, 5.74) is 0.914. The molecule has 0 aliphatic carbocycles. The molecule has 1 aromatic carbocycles. The second-order valence-corrected chi connectivity index (χ2v) is 7.24. The zero-order valence-electron chi connectivity index (χ0n) is 17.0. The van der Waals surface area contributed by atoms with Crippen molar-refractivity contribution in [3.05, 3.63) is 71.4 Å². The summed E-state index contributed by atoms with van der Waals surface area (Å²) in [6.45, 7) is 5.89. The number of carbonyl (C=O) groups excluding carboxylic acids is 1. The summed E-state index contributed by atoms with van der Waals surface area (Å²) in [7, 11) is 0. The number of halogens is 1. The Morgan fingerprint density at radius 3 is 2.50 bits per heavy atom. The molecule has 0 saturated carbocycles. The zero-order chi connectivity index (χ0) is 21.1. The summed E-state index contributed by atoms with van der Waals surface area (Å²) in [6.07, 6.45) is 1.72. The first-order valence-electron chi connectivity index (χ1n) is 9.84. The minimum absolute atomic E-state index is 0.148. The fourth-order valence-corrected chi connectivity index (χ4v) is 3.39. The molecule has 154 valence electrons. The van der Waals surface area contributed by atoms with Crippen LogP contribution >= 0.6 is 0 Å². The second kappa shape index (κ2) is 8.44. The van der Waals surface area contributed by atoms with E-state index in [0.717, 1.165) is 5.82 Å². The van der Waals surface area contributed by atoms with E-state index in [-0.39, 0.29) is 11.7 Å². The fraction of sp³-hybridized carbons (Fsp3) is 0.273. The van der Waals surface area contributed by atoms with Gasteiger partial charge in [0.15, 0.2) is 0 Å². The molecule has 1 N–H and O–H groups in total. The summed E-state index contributed by atoms with van der Waals surface area (Å²) < 4.78 is 13.8. The number of hydrogen-bond donors (Lipinski definition) is 1. The normalized spacial score (nSPS) is 14.0. The number of rotatable bonds is 4. The third-order valence-corrected chi connectivity index (χ3v) is 5.06. The van der Waals surface area contributed by atoms with E-state index < -0.39 is 0 Å². The first kappa shape index (κ1) is 19.8. The van der Waals surface area contributed by atoms with E-state index in [4.69, 9.17) is 0 Å². The van der Waals surface area contributed by atoms with Gasteiger partial charge in [-0.05, 0) is 43.7 Å². The molecule has 7 nitrogen and oxygen atoms in total. The SMILES string of the molecule is Cc1nc(Nc2ccccn2)cc(N2CCN(C(=O)c3ccc(C)c(F)c3)CC2)n1. The molecule has 0 bridgehead atoms. The minimum Gasteiger partial charge on any atom is -0.353 e. The lowest BCUT2D eigenvalue weighted by Gasteiger charge is -2.35. The maximum atomic E-state index is 13.8. The van der Waals surface area contributed by atoms with Gasteiger partial charge < -0.3 is 15.1 Å². The van der Waals surface area contributed by atoms with Gasteiger partial charge in [-0.25, -0.2) is 19.3 Å². The lowest BCUT2D eigenvalue weighted by Crippen LogP contribution is -2.49.